The Hall–Kier alpha value is -1.88. The first-order valence-electron chi connectivity index (χ1n) is 7.35. The second kappa shape index (κ2) is 5.39. The predicted octanol–water partition coefficient (Wildman–Crippen LogP) is 3.46. The molecule has 0 aliphatic carbocycles. The van der Waals surface area contributed by atoms with E-state index in [-0.39, 0.29) is 5.78 Å². The fourth-order valence-corrected chi connectivity index (χ4v) is 2.84. The van der Waals surface area contributed by atoms with Gasteiger partial charge in [-0.05, 0) is 19.4 Å². The lowest BCUT2D eigenvalue weighted by atomic mass is 9.82. The number of carbonyl (C=O) groups excluding carboxylic acids is 1. The molecule has 120 valence electrons. The van der Waals surface area contributed by atoms with Crippen LogP contribution in [0.15, 0.2) is 30.3 Å². The van der Waals surface area contributed by atoms with Gasteiger partial charge in [0.2, 0.25) is 0 Å². The molecule has 0 aromatic heterocycles. The maximum absolute atomic E-state index is 12.9. The van der Waals surface area contributed by atoms with E-state index in [2.05, 4.69) is 0 Å². The van der Waals surface area contributed by atoms with E-state index in [0.29, 0.717) is 0 Å². The summed E-state index contributed by atoms with van der Waals surface area (Å²) >= 11 is 0. The van der Waals surface area contributed by atoms with Gasteiger partial charge in [0.05, 0.1) is 0 Å². The summed E-state index contributed by atoms with van der Waals surface area (Å²) in [5.41, 5.74) is -0.908. The fourth-order valence-electron chi connectivity index (χ4n) is 2.84. The highest BCUT2D eigenvalue weighted by Gasteiger charge is 2.55. The fraction of sp³-hybridized carbons (Fsp3) is 0.529. The minimum Gasteiger partial charge on any atom is -0.465 e. The number of benzene rings is 1. The van der Waals surface area contributed by atoms with Gasteiger partial charge < -0.3 is 9.84 Å². The van der Waals surface area contributed by atoms with Crippen molar-refractivity contribution < 1.29 is 19.4 Å². The monoisotopic (exact) mass is 305 g/mol. The quantitative estimate of drug-likeness (QED) is 0.908. The number of ether oxygens (including phenoxy) is 1. The summed E-state index contributed by atoms with van der Waals surface area (Å²) in [4.78, 5) is 25.7. The van der Waals surface area contributed by atoms with Crippen LogP contribution in [-0.2, 0) is 9.53 Å². The zero-order chi connectivity index (χ0) is 16.7. The molecule has 1 fully saturated rings. The van der Waals surface area contributed by atoms with E-state index >= 15 is 0 Å². The Kier molecular flexibility index (Phi) is 4.04. The van der Waals surface area contributed by atoms with E-state index in [4.69, 9.17) is 4.74 Å². The Morgan fingerprint density at radius 1 is 1.18 bits per heavy atom. The number of hydrogen-bond acceptors (Lipinski definition) is 3. The van der Waals surface area contributed by atoms with E-state index < -0.39 is 29.4 Å². The smallest absolute Gasteiger partial charge is 0.410 e. The average Bonchev–Trinajstić information content (AvgIpc) is 2.69. The first kappa shape index (κ1) is 16.5. The first-order chi connectivity index (χ1) is 10.1. The van der Waals surface area contributed by atoms with Crippen LogP contribution in [0.1, 0.15) is 46.3 Å². The molecule has 2 atom stereocenters. The van der Waals surface area contributed by atoms with Crippen LogP contribution in [0.5, 0.6) is 0 Å². The number of carbonyl (C=O) groups is 2. The third kappa shape index (κ3) is 2.86. The lowest BCUT2D eigenvalue weighted by Gasteiger charge is -2.33. The van der Waals surface area contributed by atoms with Crippen LogP contribution in [0.4, 0.5) is 4.79 Å². The molecule has 22 heavy (non-hydrogen) atoms. The van der Waals surface area contributed by atoms with Gasteiger partial charge in [0.25, 0.3) is 0 Å². The summed E-state index contributed by atoms with van der Waals surface area (Å²) < 4.78 is 5.96. The molecule has 1 aliphatic heterocycles. The molecular formula is C17H23NO4. The van der Waals surface area contributed by atoms with Gasteiger partial charge in [0.1, 0.15) is 17.9 Å². The van der Waals surface area contributed by atoms with Gasteiger partial charge >= 0.3 is 6.09 Å². The number of rotatable bonds is 2. The molecule has 2 rings (SSSR count). The normalized spacial score (nSPS) is 24.3. The minimum atomic E-state index is -1.15. The Bertz CT molecular complexity index is 574. The number of Topliss-reactive ketones (excluding diaryl/α,β-unsaturated/α-hetero) is 1. The van der Waals surface area contributed by atoms with Gasteiger partial charge in [-0.1, -0.05) is 51.1 Å². The molecule has 5 nitrogen and oxygen atoms in total. The zero-order valence-corrected chi connectivity index (χ0v) is 13.7. The SMILES string of the molecule is CC(C)(C)C(=O)[C@@H]1[C@@H](c2ccccc2)OC(C)(C)N1C(=O)O. The molecular weight excluding hydrogens is 282 g/mol. The van der Waals surface area contributed by atoms with E-state index in [1.165, 1.54) is 0 Å². The predicted molar refractivity (Wildman–Crippen MR) is 82.5 cm³/mol. The summed E-state index contributed by atoms with van der Waals surface area (Å²) in [5, 5.41) is 9.59. The number of carboxylic acid groups (broad SMARTS) is 1. The van der Waals surface area contributed by atoms with Crippen LogP contribution >= 0.6 is 0 Å². The molecule has 1 aromatic rings. The highest BCUT2D eigenvalue weighted by atomic mass is 16.6. The molecule has 0 unspecified atom stereocenters. The molecule has 0 bridgehead atoms. The average molecular weight is 305 g/mol. The van der Waals surface area contributed by atoms with Crippen molar-refractivity contribution in [1.82, 2.24) is 4.90 Å². The van der Waals surface area contributed by atoms with E-state index in [1.807, 2.05) is 30.3 Å². The lowest BCUT2D eigenvalue weighted by molar-refractivity contribution is -0.131. The summed E-state index contributed by atoms with van der Waals surface area (Å²) in [7, 11) is 0. The van der Waals surface area contributed by atoms with Crippen molar-refractivity contribution in [3.8, 4) is 0 Å². The van der Waals surface area contributed by atoms with Gasteiger partial charge in [-0.3, -0.25) is 9.69 Å². The first-order valence-corrected chi connectivity index (χ1v) is 7.35. The van der Waals surface area contributed by atoms with Gasteiger partial charge in [-0.25, -0.2) is 4.79 Å². The van der Waals surface area contributed by atoms with Gasteiger partial charge in [-0.2, -0.15) is 0 Å². The minimum absolute atomic E-state index is 0.144. The van der Waals surface area contributed by atoms with Gasteiger partial charge in [0, 0.05) is 5.41 Å². The number of ketones is 1. The largest absolute Gasteiger partial charge is 0.465 e. The van der Waals surface area contributed by atoms with Crippen molar-refractivity contribution >= 4 is 11.9 Å². The number of hydrogen-bond donors (Lipinski definition) is 1. The van der Waals surface area contributed by atoms with Crippen molar-refractivity contribution in [3.63, 3.8) is 0 Å². The zero-order valence-electron chi connectivity index (χ0n) is 13.7. The van der Waals surface area contributed by atoms with E-state index in [1.54, 1.807) is 34.6 Å². The standard InChI is InChI=1S/C17H23NO4/c1-16(2,3)14(19)12-13(11-9-7-6-8-10-11)22-17(4,5)18(12)15(20)21/h6-10,12-13H,1-5H3,(H,20,21)/t12-,13+/m0/s1. The molecule has 1 saturated heterocycles. The van der Waals surface area contributed by atoms with Gasteiger partial charge in [0.15, 0.2) is 5.78 Å². The Morgan fingerprint density at radius 3 is 2.18 bits per heavy atom. The summed E-state index contributed by atoms with van der Waals surface area (Å²) in [6.45, 7) is 8.73. The highest BCUT2D eigenvalue weighted by Crippen LogP contribution is 2.43. The summed E-state index contributed by atoms with van der Waals surface area (Å²) in [6, 6.07) is 8.44. The third-order valence-electron chi connectivity index (χ3n) is 3.90. The molecule has 1 aromatic carbocycles. The van der Waals surface area contributed by atoms with Crippen molar-refractivity contribution in [2.45, 2.75) is 52.5 Å². The van der Waals surface area contributed by atoms with Crippen LogP contribution in [-0.4, -0.2) is 33.6 Å². The maximum atomic E-state index is 12.9. The highest BCUT2D eigenvalue weighted by molar-refractivity contribution is 5.92. The molecule has 1 amide bonds. The van der Waals surface area contributed by atoms with Crippen molar-refractivity contribution in [1.29, 1.82) is 0 Å². The van der Waals surface area contributed by atoms with Crippen LogP contribution in [0.25, 0.3) is 0 Å². The lowest BCUT2D eigenvalue weighted by Crippen LogP contribution is -2.52. The molecule has 0 radical (unpaired) electrons. The van der Waals surface area contributed by atoms with Crippen LogP contribution in [0.3, 0.4) is 0 Å². The van der Waals surface area contributed by atoms with Crippen LogP contribution < -0.4 is 0 Å². The molecule has 5 heteroatoms. The van der Waals surface area contributed by atoms with E-state index in [0.717, 1.165) is 10.5 Å². The number of nitrogens with zero attached hydrogens (tertiary/aromatic N) is 1. The molecule has 1 aliphatic rings. The second-order valence-corrected chi connectivity index (χ2v) is 7.11. The van der Waals surface area contributed by atoms with Crippen molar-refractivity contribution in [2.75, 3.05) is 0 Å². The van der Waals surface area contributed by atoms with Gasteiger partial charge in [-0.15, -0.1) is 0 Å². The molecule has 0 spiro atoms. The third-order valence-corrected chi connectivity index (χ3v) is 3.90. The molecule has 1 heterocycles. The topological polar surface area (TPSA) is 66.8 Å². The van der Waals surface area contributed by atoms with Crippen molar-refractivity contribution in [3.05, 3.63) is 35.9 Å². The second-order valence-electron chi connectivity index (χ2n) is 7.11. The maximum Gasteiger partial charge on any atom is 0.410 e. The summed E-state index contributed by atoms with van der Waals surface area (Å²) in [6.07, 6.45) is -1.75. The van der Waals surface area contributed by atoms with E-state index in [9.17, 15) is 14.7 Å². The molecule has 1 N–H and O–H groups in total. The molecule has 0 saturated carbocycles. The Labute approximate surface area is 130 Å². The van der Waals surface area contributed by atoms with Crippen molar-refractivity contribution in [2.24, 2.45) is 5.41 Å². The Balaban J connectivity index is 2.53. The summed E-state index contributed by atoms with van der Waals surface area (Å²) in [5.74, 6) is -0.144. The van der Waals surface area contributed by atoms with Crippen LogP contribution in [0.2, 0.25) is 0 Å². The number of amides is 1. The van der Waals surface area contributed by atoms with Crippen LogP contribution in [0, 0.1) is 5.41 Å². The Morgan fingerprint density at radius 2 is 1.73 bits per heavy atom.